The number of nitrogens with one attached hydrogen (secondary N) is 2. The zero-order valence-corrected chi connectivity index (χ0v) is 14.5. The normalized spacial score (nSPS) is 10.6. The summed E-state index contributed by atoms with van der Waals surface area (Å²) < 4.78 is 13.6. The highest BCUT2D eigenvalue weighted by Crippen LogP contribution is 2.08. The SMILES string of the molecule is CC(C)CNC(=O)c1cccc(C(=O)NCCc2ccccc2F)c1. The van der Waals surface area contributed by atoms with Crippen LogP contribution in [-0.2, 0) is 6.42 Å². The zero-order valence-electron chi connectivity index (χ0n) is 14.5. The van der Waals surface area contributed by atoms with Gasteiger partial charge in [0.15, 0.2) is 0 Å². The molecule has 0 aromatic heterocycles. The van der Waals surface area contributed by atoms with Crippen molar-refractivity contribution in [2.75, 3.05) is 13.1 Å². The molecule has 0 unspecified atom stereocenters. The first kappa shape index (κ1) is 18.6. The molecule has 0 heterocycles. The average molecular weight is 342 g/mol. The minimum Gasteiger partial charge on any atom is -0.352 e. The van der Waals surface area contributed by atoms with Gasteiger partial charge in [-0.05, 0) is 42.2 Å². The molecule has 2 aromatic rings. The monoisotopic (exact) mass is 342 g/mol. The maximum absolute atomic E-state index is 13.6. The standard InChI is InChI=1S/C20H23FN2O2/c1-14(2)13-23-20(25)17-8-5-7-16(12-17)19(24)22-11-10-15-6-3-4-9-18(15)21/h3-9,12,14H,10-11,13H2,1-2H3,(H,22,24)(H,23,25). The second kappa shape index (κ2) is 8.97. The summed E-state index contributed by atoms with van der Waals surface area (Å²) in [5.41, 5.74) is 1.41. The largest absolute Gasteiger partial charge is 0.352 e. The zero-order chi connectivity index (χ0) is 18.2. The van der Waals surface area contributed by atoms with Crippen LogP contribution >= 0.6 is 0 Å². The number of carbonyl (C=O) groups excluding carboxylic acids is 2. The van der Waals surface area contributed by atoms with E-state index >= 15 is 0 Å². The Morgan fingerprint density at radius 2 is 1.60 bits per heavy atom. The topological polar surface area (TPSA) is 58.2 Å². The Kier molecular flexibility index (Phi) is 6.69. The van der Waals surface area contributed by atoms with Crippen molar-refractivity contribution in [1.82, 2.24) is 10.6 Å². The first-order chi connectivity index (χ1) is 12.0. The third kappa shape index (κ3) is 5.71. The fourth-order valence-electron chi connectivity index (χ4n) is 2.31. The molecule has 0 bridgehead atoms. The number of carbonyl (C=O) groups is 2. The van der Waals surface area contributed by atoms with Gasteiger partial charge in [-0.1, -0.05) is 38.1 Å². The molecule has 0 radical (unpaired) electrons. The number of hydrogen-bond acceptors (Lipinski definition) is 2. The Balaban J connectivity index is 1.92. The van der Waals surface area contributed by atoms with E-state index in [4.69, 9.17) is 0 Å². The Morgan fingerprint density at radius 3 is 2.24 bits per heavy atom. The van der Waals surface area contributed by atoms with Crippen molar-refractivity contribution in [2.24, 2.45) is 5.92 Å². The molecule has 0 spiro atoms. The van der Waals surface area contributed by atoms with Crippen molar-refractivity contribution in [3.05, 3.63) is 71.0 Å². The van der Waals surface area contributed by atoms with E-state index in [0.717, 1.165) is 0 Å². The Labute approximate surface area is 147 Å². The lowest BCUT2D eigenvalue weighted by Crippen LogP contribution is -2.28. The van der Waals surface area contributed by atoms with Gasteiger partial charge in [-0.15, -0.1) is 0 Å². The summed E-state index contributed by atoms with van der Waals surface area (Å²) in [5, 5.41) is 5.58. The third-order valence-corrected chi connectivity index (χ3v) is 3.70. The molecule has 0 aliphatic carbocycles. The predicted octanol–water partition coefficient (Wildman–Crippen LogP) is 3.18. The number of rotatable bonds is 7. The number of halogens is 1. The molecule has 5 heteroatoms. The molecular weight excluding hydrogens is 319 g/mol. The Bertz CT molecular complexity index is 744. The van der Waals surface area contributed by atoms with E-state index in [2.05, 4.69) is 10.6 Å². The van der Waals surface area contributed by atoms with Crippen molar-refractivity contribution >= 4 is 11.8 Å². The Hall–Kier alpha value is -2.69. The molecule has 132 valence electrons. The van der Waals surface area contributed by atoms with Crippen LogP contribution in [0.1, 0.15) is 40.1 Å². The maximum Gasteiger partial charge on any atom is 0.251 e. The van der Waals surface area contributed by atoms with Gasteiger partial charge < -0.3 is 10.6 Å². The van der Waals surface area contributed by atoms with Crippen molar-refractivity contribution in [1.29, 1.82) is 0 Å². The van der Waals surface area contributed by atoms with Gasteiger partial charge in [-0.25, -0.2) is 4.39 Å². The van der Waals surface area contributed by atoms with Gasteiger partial charge in [-0.2, -0.15) is 0 Å². The van der Waals surface area contributed by atoms with Crippen LogP contribution in [0.2, 0.25) is 0 Å². The Morgan fingerprint density at radius 1 is 0.960 bits per heavy atom. The first-order valence-electron chi connectivity index (χ1n) is 8.37. The van der Waals surface area contributed by atoms with E-state index in [1.54, 1.807) is 42.5 Å². The molecule has 0 atom stereocenters. The van der Waals surface area contributed by atoms with E-state index < -0.39 is 0 Å². The van der Waals surface area contributed by atoms with Crippen LogP contribution in [0, 0.1) is 11.7 Å². The lowest BCUT2D eigenvalue weighted by molar-refractivity contribution is 0.0949. The smallest absolute Gasteiger partial charge is 0.251 e. The second-order valence-electron chi connectivity index (χ2n) is 6.28. The minimum atomic E-state index is -0.283. The fraction of sp³-hybridized carbons (Fsp3) is 0.300. The molecular formula is C20H23FN2O2. The van der Waals surface area contributed by atoms with Gasteiger partial charge in [0, 0.05) is 24.2 Å². The summed E-state index contributed by atoms with van der Waals surface area (Å²) in [7, 11) is 0. The highest BCUT2D eigenvalue weighted by atomic mass is 19.1. The van der Waals surface area contributed by atoms with Crippen LogP contribution in [-0.4, -0.2) is 24.9 Å². The van der Waals surface area contributed by atoms with Crippen LogP contribution in [0.3, 0.4) is 0 Å². The molecule has 2 N–H and O–H groups in total. The molecule has 0 aliphatic rings. The summed E-state index contributed by atoms with van der Waals surface area (Å²) in [6, 6.07) is 13.1. The lowest BCUT2D eigenvalue weighted by atomic mass is 10.1. The number of amides is 2. The van der Waals surface area contributed by atoms with Gasteiger partial charge in [0.1, 0.15) is 5.82 Å². The third-order valence-electron chi connectivity index (χ3n) is 3.70. The average Bonchev–Trinajstić information content (AvgIpc) is 2.61. The summed E-state index contributed by atoms with van der Waals surface area (Å²) in [5.74, 6) is -0.404. The molecule has 2 rings (SSSR count). The highest BCUT2D eigenvalue weighted by molar-refractivity contribution is 5.99. The van der Waals surface area contributed by atoms with E-state index in [-0.39, 0.29) is 17.6 Å². The second-order valence-corrected chi connectivity index (χ2v) is 6.28. The van der Waals surface area contributed by atoms with Crippen LogP contribution in [0.5, 0.6) is 0 Å². The van der Waals surface area contributed by atoms with Gasteiger partial charge in [0.25, 0.3) is 11.8 Å². The van der Waals surface area contributed by atoms with Crippen molar-refractivity contribution in [3.63, 3.8) is 0 Å². The van der Waals surface area contributed by atoms with E-state index in [9.17, 15) is 14.0 Å². The van der Waals surface area contributed by atoms with Gasteiger partial charge in [-0.3, -0.25) is 9.59 Å². The highest BCUT2D eigenvalue weighted by Gasteiger charge is 2.11. The van der Waals surface area contributed by atoms with E-state index in [0.29, 0.717) is 42.1 Å². The van der Waals surface area contributed by atoms with E-state index in [1.165, 1.54) is 6.07 Å². The summed E-state index contributed by atoms with van der Waals surface area (Å²) in [6.07, 6.45) is 0.410. The molecule has 25 heavy (non-hydrogen) atoms. The quantitative estimate of drug-likeness (QED) is 0.812. The first-order valence-corrected chi connectivity index (χ1v) is 8.37. The van der Waals surface area contributed by atoms with Crippen molar-refractivity contribution in [3.8, 4) is 0 Å². The van der Waals surface area contributed by atoms with Crippen LogP contribution in [0.15, 0.2) is 48.5 Å². The molecule has 0 saturated carbocycles. The summed E-state index contributed by atoms with van der Waals surface area (Å²) >= 11 is 0. The lowest BCUT2D eigenvalue weighted by Gasteiger charge is -2.09. The van der Waals surface area contributed by atoms with Crippen molar-refractivity contribution in [2.45, 2.75) is 20.3 Å². The van der Waals surface area contributed by atoms with Crippen LogP contribution in [0.25, 0.3) is 0 Å². The molecule has 2 aromatic carbocycles. The summed E-state index contributed by atoms with van der Waals surface area (Å²) in [4.78, 5) is 24.3. The molecule has 0 fully saturated rings. The molecule has 4 nitrogen and oxygen atoms in total. The fourth-order valence-corrected chi connectivity index (χ4v) is 2.31. The van der Waals surface area contributed by atoms with Gasteiger partial charge in [0.05, 0.1) is 0 Å². The molecule has 0 saturated heterocycles. The predicted molar refractivity (Wildman–Crippen MR) is 96.1 cm³/mol. The van der Waals surface area contributed by atoms with Crippen LogP contribution in [0.4, 0.5) is 4.39 Å². The van der Waals surface area contributed by atoms with Crippen molar-refractivity contribution < 1.29 is 14.0 Å². The molecule has 0 aliphatic heterocycles. The van der Waals surface area contributed by atoms with Gasteiger partial charge >= 0.3 is 0 Å². The molecule has 2 amide bonds. The number of hydrogen-bond donors (Lipinski definition) is 2. The maximum atomic E-state index is 13.6. The van der Waals surface area contributed by atoms with E-state index in [1.807, 2.05) is 13.8 Å². The van der Waals surface area contributed by atoms with Gasteiger partial charge in [0.2, 0.25) is 0 Å². The summed E-state index contributed by atoms with van der Waals surface area (Å²) in [6.45, 7) is 4.93. The minimum absolute atomic E-state index is 0.199. The number of benzene rings is 2. The van der Waals surface area contributed by atoms with Crippen LogP contribution < -0.4 is 10.6 Å².